The van der Waals surface area contributed by atoms with Gasteiger partial charge in [0.05, 0.1) is 19.0 Å². The van der Waals surface area contributed by atoms with Crippen molar-refractivity contribution in [3.8, 4) is 5.88 Å². The molecule has 3 aromatic rings. The van der Waals surface area contributed by atoms with Crippen molar-refractivity contribution in [2.45, 2.75) is 19.1 Å². The maximum atomic E-state index is 13.1. The maximum absolute atomic E-state index is 13.1. The first-order valence-electron chi connectivity index (χ1n) is 9.68. The van der Waals surface area contributed by atoms with Gasteiger partial charge in [-0.2, -0.15) is 18.3 Å². The van der Waals surface area contributed by atoms with E-state index in [1.165, 1.54) is 18.5 Å². The molecule has 2 fully saturated rings. The van der Waals surface area contributed by atoms with Crippen molar-refractivity contribution in [2.75, 3.05) is 24.6 Å². The Morgan fingerprint density at radius 3 is 2.61 bits per heavy atom. The molecule has 1 unspecified atom stereocenters. The van der Waals surface area contributed by atoms with Crippen LogP contribution in [0.1, 0.15) is 5.56 Å². The van der Waals surface area contributed by atoms with Gasteiger partial charge in [-0.1, -0.05) is 0 Å². The van der Waals surface area contributed by atoms with Crippen LogP contribution in [0.4, 0.5) is 27.8 Å². The molecular formula is C19H17F5N6O. The summed E-state index contributed by atoms with van der Waals surface area (Å²) in [6.07, 6.45) is -2.82. The van der Waals surface area contributed by atoms with Crippen molar-refractivity contribution in [1.82, 2.24) is 24.7 Å². The first-order valence-corrected chi connectivity index (χ1v) is 9.68. The monoisotopic (exact) mass is 440 g/mol. The number of anilines is 1. The standard InChI is InChI=1S/C19H17F5N6O/c20-15(21)8-30-17-14(4-27-30)26-5-16(28-17)29-6-10-11(7-29)12(10)9-31-18-13(19(22,23)24)2-1-3-25-18/h1-5,10-12,15H,6-9H2/t10-,11+,12?. The normalized spacial score (nSPS) is 22.9. The second-order valence-corrected chi connectivity index (χ2v) is 7.72. The summed E-state index contributed by atoms with van der Waals surface area (Å²) in [7, 11) is 0. The van der Waals surface area contributed by atoms with E-state index < -0.39 is 30.6 Å². The average Bonchev–Trinajstić information content (AvgIpc) is 3.04. The second-order valence-electron chi connectivity index (χ2n) is 7.72. The Bertz CT molecular complexity index is 1090. The molecule has 3 aromatic heterocycles. The summed E-state index contributed by atoms with van der Waals surface area (Å²) < 4.78 is 71.1. The zero-order valence-corrected chi connectivity index (χ0v) is 16.0. The minimum Gasteiger partial charge on any atom is -0.477 e. The van der Waals surface area contributed by atoms with Crippen LogP contribution in [0.2, 0.25) is 0 Å². The molecule has 7 nitrogen and oxygen atoms in total. The molecule has 5 rings (SSSR count). The number of hydrogen-bond acceptors (Lipinski definition) is 6. The number of piperidine rings is 1. The number of pyridine rings is 1. The lowest BCUT2D eigenvalue weighted by atomic mass is 10.2. The quantitative estimate of drug-likeness (QED) is 0.548. The number of fused-ring (bicyclic) bond motifs is 2. The predicted molar refractivity (Wildman–Crippen MR) is 98.7 cm³/mol. The number of rotatable bonds is 6. The lowest BCUT2D eigenvalue weighted by Gasteiger charge is -2.21. The maximum Gasteiger partial charge on any atom is 0.421 e. The van der Waals surface area contributed by atoms with Crippen LogP contribution in [0.5, 0.6) is 5.88 Å². The minimum absolute atomic E-state index is 0.139. The highest BCUT2D eigenvalue weighted by atomic mass is 19.4. The van der Waals surface area contributed by atoms with E-state index in [4.69, 9.17) is 4.74 Å². The summed E-state index contributed by atoms with van der Waals surface area (Å²) in [5.74, 6) is 0.836. The smallest absolute Gasteiger partial charge is 0.421 e. The van der Waals surface area contributed by atoms with Crippen LogP contribution in [-0.2, 0) is 12.7 Å². The fourth-order valence-corrected chi connectivity index (χ4v) is 4.24. The third-order valence-corrected chi connectivity index (χ3v) is 5.83. The first kappa shape index (κ1) is 19.9. The summed E-state index contributed by atoms with van der Waals surface area (Å²) in [6.45, 7) is 0.904. The van der Waals surface area contributed by atoms with Crippen molar-refractivity contribution < 1.29 is 26.7 Å². The van der Waals surface area contributed by atoms with Gasteiger partial charge in [-0.15, -0.1) is 0 Å². The van der Waals surface area contributed by atoms with Gasteiger partial charge < -0.3 is 9.64 Å². The third kappa shape index (κ3) is 3.74. The largest absolute Gasteiger partial charge is 0.477 e. The van der Waals surface area contributed by atoms with Gasteiger partial charge in [0.25, 0.3) is 6.43 Å². The predicted octanol–water partition coefficient (Wildman–Crippen LogP) is 3.27. The highest BCUT2D eigenvalue weighted by Gasteiger charge is 2.56. The van der Waals surface area contributed by atoms with Gasteiger partial charge in [-0.3, -0.25) is 0 Å². The Kier molecular flexibility index (Phi) is 4.67. The molecule has 164 valence electrons. The number of ether oxygens (including phenoxy) is 1. The Labute approximate surface area is 172 Å². The highest BCUT2D eigenvalue weighted by molar-refractivity contribution is 5.71. The van der Waals surface area contributed by atoms with E-state index in [0.29, 0.717) is 30.1 Å². The SMILES string of the molecule is FC(F)Cn1ncc2ncc(N3C[C@@H]4C(COc5ncccc5C(F)(F)F)[C@@H]4C3)nc21. The van der Waals surface area contributed by atoms with Gasteiger partial charge in [0, 0.05) is 25.2 Å². The van der Waals surface area contributed by atoms with E-state index >= 15 is 0 Å². The van der Waals surface area contributed by atoms with Crippen molar-refractivity contribution in [3.63, 3.8) is 0 Å². The van der Waals surface area contributed by atoms with Crippen LogP contribution < -0.4 is 9.64 Å². The van der Waals surface area contributed by atoms with E-state index in [2.05, 4.69) is 20.1 Å². The van der Waals surface area contributed by atoms with Crippen LogP contribution in [0.25, 0.3) is 11.2 Å². The molecule has 1 aliphatic heterocycles. The van der Waals surface area contributed by atoms with Crippen LogP contribution in [0.15, 0.2) is 30.7 Å². The highest BCUT2D eigenvalue weighted by Crippen LogP contribution is 2.52. The molecule has 0 amide bonds. The molecular weight excluding hydrogens is 423 g/mol. The molecule has 1 aliphatic carbocycles. The van der Waals surface area contributed by atoms with Crippen molar-refractivity contribution in [1.29, 1.82) is 0 Å². The Morgan fingerprint density at radius 1 is 1.13 bits per heavy atom. The molecule has 1 saturated carbocycles. The number of hydrogen-bond donors (Lipinski definition) is 0. The van der Waals surface area contributed by atoms with Gasteiger partial charge in [0.2, 0.25) is 5.88 Å². The van der Waals surface area contributed by atoms with E-state index in [9.17, 15) is 22.0 Å². The molecule has 0 spiro atoms. The summed E-state index contributed by atoms with van der Waals surface area (Å²) in [5, 5.41) is 3.91. The van der Waals surface area contributed by atoms with Crippen molar-refractivity contribution >= 4 is 17.0 Å². The van der Waals surface area contributed by atoms with Gasteiger partial charge in [0.1, 0.15) is 23.4 Å². The Balaban J connectivity index is 1.22. The second kappa shape index (κ2) is 7.27. The number of halogens is 5. The topological polar surface area (TPSA) is 69.0 Å². The van der Waals surface area contributed by atoms with Gasteiger partial charge in [0.15, 0.2) is 5.65 Å². The molecule has 12 heteroatoms. The van der Waals surface area contributed by atoms with Gasteiger partial charge >= 0.3 is 6.18 Å². The number of alkyl halides is 5. The lowest BCUT2D eigenvalue weighted by Crippen LogP contribution is -2.26. The van der Waals surface area contributed by atoms with E-state index in [1.807, 2.05) is 4.90 Å². The Hall–Kier alpha value is -3.05. The minimum atomic E-state index is -4.52. The van der Waals surface area contributed by atoms with Crippen LogP contribution in [0, 0.1) is 17.8 Å². The third-order valence-electron chi connectivity index (χ3n) is 5.83. The summed E-state index contributed by atoms with van der Waals surface area (Å²) in [5.41, 5.74) is -0.143. The molecule has 31 heavy (non-hydrogen) atoms. The van der Waals surface area contributed by atoms with Gasteiger partial charge in [-0.05, 0) is 24.0 Å². The molecule has 2 aliphatic rings. The molecule has 0 aromatic carbocycles. The zero-order chi connectivity index (χ0) is 21.8. The number of nitrogens with zero attached hydrogens (tertiary/aromatic N) is 6. The fraction of sp³-hybridized carbons (Fsp3) is 0.474. The van der Waals surface area contributed by atoms with E-state index in [0.717, 1.165) is 10.7 Å². The fourth-order valence-electron chi connectivity index (χ4n) is 4.24. The average molecular weight is 440 g/mol. The molecule has 0 bridgehead atoms. The van der Waals surface area contributed by atoms with Crippen molar-refractivity contribution in [2.24, 2.45) is 17.8 Å². The van der Waals surface area contributed by atoms with E-state index in [1.54, 1.807) is 6.20 Å². The van der Waals surface area contributed by atoms with Crippen LogP contribution in [0.3, 0.4) is 0 Å². The summed E-state index contributed by atoms with van der Waals surface area (Å²) >= 11 is 0. The molecule has 0 radical (unpaired) electrons. The van der Waals surface area contributed by atoms with Crippen molar-refractivity contribution in [3.05, 3.63) is 36.3 Å². The molecule has 1 saturated heterocycles. The Morgan fingerprint density at radius 2 is 1.90 bits per heavy atom. The molecule has 0 N–H and O–H groups in total. The van der Waals surface area contributed by atoms with Gasteiger partial charge in [-0.25, -0.2) is 28.4 Å². The van der Waals surface area contributed by atoms with Crippen LogP contribution in [-0.4, -0.2) is 50.9 Å². The summed E-state index contributed by atoms with van der Waals surface area (Å²) in [4.78, 5) is 14.4. The first-order chi connectivity index (χ1) is 14.8. The lowest BCUT2D eigenvalue weighted by molar-refractivity contribution is -0.139. The number of aromatic nitrogens is 5. The molecule has 3 atom stereocenters. The zero-order valence-electron chi connectivity index (χ0n) is 16.0. The summed E-state index contributed by atoms with van der Waals surface area (Å²) in [6, 6.07) is 2.18. The van der Waals surface area contributed by atoms with E-state index in [-0.39, 0.29) is 24.4 Å². The van der Waals surface area contributed by atoms with Crippen LogP contribution >= 0.6 is 0 Å². The molecule has 4 heterocycles.